The fraction of sp³-hybridized carbons (Fsp3) is 0.316. The first kappa shape index (κ1) is 19.6. The summed E-state index contributed by atoms with van der Waals surface area (Å²) >= 11 is 0. The predicted molar refractivity (Wildman–Crippen MR) is 103 cm³/mol. The van der Waals surface area contributed by atoms with Crippen LogP contribution in [0, 0.1) is 0 Å². The van der Waals surface area contributed by atoms with Gasteiger partial charge < -0.3 is 10.1 Å². The number of nitrogens with zero attached hydrogens (tertiary/aromatic N) is 1. The Morgan fingerprint density at radius 2 is 1.84 bits per heavy atom. The molecule has 1 fully saturated rings. The molecule has 0 unspecified atom stereocenters. The van der Waals surface area contributed by atoms with Gasteiger partial charge in [-0.2, -0.15) is 0 Å². The Labute approximate surface area is 160 Å². The average Bonchev–Trinajstić information content (AvgIpc) is 2.61. The second kappa shape index (κ2) is 8.09. The van der Waals surface area contributed by atoms with E-state index >= 15 is 0 Å². The van der Waals surface area contributed by atoms with Crippen LogP contribution in [0.4, 0.5) is 0 Å². The lowest BCUT2D eigenvalue weighted by Crippen LogP contribution is -2.53. The van der Waals surface area contributed by atoms with Gasteiger partial charge in [-0.15, -0.1) is 24.8 Å². The maximum Gasteiger partial charge on any atom is 0.242 e. The van der Waals surface area contributed by atoms with Crippen molar-refractivity contribution in [2.45, 2.75) is 12.0 Å². The van der Waals surface area contributed by atoms with E-state index in [0.29, 0.717) is 0 Å². The molecule has 0 aliphatic carbocycles. The van der Waals surface area contributed by atoms with Gasteiger partial charge in [-0.05, 0) is 17.2 Å². The van der Waals surface area contributed by atoms with E-state index in [9.17, 15) is 4.79 Å². The minimum atomic E-state index is -0.200. The van der Waals surface area contributed by atoms with Gasteiger partial charge in [0.1, 0.15) is 11.8 Å². The number of hydrogen-bond acceptors (Lipinski definition) is 3. The number of nitrogens with one attached hydrogen (secondary N) is 1. The molecule has 134 valence electrons. The average molecular weight is 381 g/mol. The molecule has 2 heterocycles. The van der Waals surface area contributed by atoms with E-state index in [4.69, 9.17) is 4.74 Å². The third-order valence-electron chi connectivity index (χ3n) is 4.89. The van der Waals surface area contributed by atoms with Crippen LogP contribution in [0.1, 0.15) is 28.7 Å². The summed E-state index contributed by atoms with van der Waals surface area (Å²) in [6, 6.07) is 16.3. The summed E-state index contributed by atoms with van der Waals surface area (Å²) < 4.78 is 5.63. The van der Waals surface area contributed by atoms with Crippen molar-refractivity contribution in [3.8, 4) is 5.75 Å². The summed E-state index contributed by atoms with van der Waals surface area (Å²) in [5, 5.41) is 2.99. The van der Waals surface area contributed by atoms with Crippen molar-refractivity contribution in [1.82, 2.24) is 10.2 Å². The molecule has 0 saturated carbocycles. The van der Waals surface area contributed by atoms with E-state index in [1.54, 1.807) is 7.11 Å². The minimum Gasteiger partial charge on any atom is -0.496 e. The summed E-state index contributed by atoms with van der Waals surface area (Å²) in [4.78, 5) is 14.7. The van der Waals surface area contributed by atoms with Crippen LogP contribution in [-0.2, 0) is 4.79 Å². The summed E-state index contributed by atoms with van der Waals surface area (Å²) in [6.07, 6.45) is 0. The van der Waals surface area contributed by atoms with Gasteiger partial charge in [-0.3, -0.25) is 9.69 Å². The van der Waals surface area contributed by atoms with Crippen LogP contribution in [0.2, 0.25) is 0 Å². The molecule has 2 aliphatic rings. The number of methoxy groups -OCH3 is 1. The number of halogens is 2. The van der Waals surface area contributed by atoms with Gasteiger partial charge in [-0.25, -0.2) is 0 Å². The van der Waals surface area contributed by atoms with Gasteiger partial charge in [0.05, 0.1) is 7.11 Å². The smallest absolute Gasteiger partial charge is 0.242 e. The van der Waals surface area contributed by atoms with Crippen LogP contribution in [0.3, 0.4) is 0 Å². The van der Waals surface area contributed by atoms with E-state index in [-0.39, 0.29) is 42.7 Å². The number of amides is 1. The molecule has 4 nitrogen and oxygen atoms in total. The van der Waals surface area contributed by atoms with Crippen LogP contribution in [-0.4, -0.2) is 37.6 Å². The number of piperazine rings is 1. The first-order valence-corrected chi connectivity index (χ1v) is 8.03. The zero-order valence-corrected chi connectivity index (χ0v) is 15.6. The number of hydrogen-bond donors (Lipinski definition) is 1. The van der Waals surface area contributed by atoms with Crippen LogP contribution in [0.25, 0.3) is 0 Å². The summed E-state index contributed by atoms with van der Waals surface area (Å²) in [7, 11) is 1.70. The Hall–Kier alpha value is -1.75. The van der Waals surface area contributed by atoms with Crippen LogP contribution in [0.15, 0.2) is 48.5 Å². The van der Waals surface area contributed by atoms with Crippen molar-refractivity contribution in [3.63, 3.8) is 0 Å². The highest BCUT2D eigenvalue weighted by Gasteiger charge is 2.40. The van der Waals surface area contributed by atoms with Crippen molar-refractivity contribution in [1.29, 1.82) is 0 Å². The van der Waals surface area contributed by atoms with Crippen LogP contribution in [0.5, 0.6) is 5.75 Å². The normalized spacial score (nSPS) is 21.7. The van der Waals surface area contributed by atoms with Crippen molar-refractivity contribution >= 4 is 30.7 Å². The van der Waals surface area contributed by atoms with Crippen molar-refractivity contribution in [3.05, 3.63) is 65.2 Å². The molecule has 2 aromatic rings. The van der Waals surface area contributed by atoms with Gasteiger partial charge >= 0.3 is 0 Å². The van der Waals surface area contributed by atoms with Gasteiger partial charge in [0.25, 0.3) is 0 Å². The van der Waals surface area contributed by atoms with E-state index < -0.39 is 0 Å². The zero-order chi connectivity index (χ0) is 15.8. The lowest BCUT2D eigenvalue weighted by molar-refractivity contribution is -0.129. The minimum absolute atomic E-state index is 0. The van der Waals surface area contributed by atoms with Gasteiger partial charge in [0.15, 0.2) is 0 Å². The molecule has 25 heavy (non-hydrogen) atoms. The predicted octanol–water partition coefficient (Wildman–Crippen LogP) is 3.16. The summed E-state index contributed by atoms with van der Waals surface area (Å²) in [6.45, 7) is 2.45. The molecule has 0 radical (unpaired) electrons. The SMILES string of the molecule is COc1cccc2c1[C@H](c1ccccc1)CN1CCNC(=O)[C@H]21.Cl.Cl. The maximum absolute atomic E-state index is 12.4. The Kier molecular flexibility index (Phi) is 6.33. The molecule has 4 rings (SSSR count). The van der Waals surface area contributed by atoms with Crippen molar-refractivity contribution in [2.75, 3.05) is 26.7 Å². The molecule has 1 amide bonds. The molecule has 1 saturated heterocycles. The second-order valence-corrected chi connectivity index (χ2v) is 6.11. The first-order valence-electron chi connectivity index (χ1n) is 8.03. The molecule has 6 heteroatoms. The molecular formula is C19H22Cl2N2O2. The van der Waals surface area contributed by atoms with E-state index in [1.807, 2.05) is 18.2 Å². The number of carbonyl (C=O) groups is 1. The quantitative estimate of drug-likeness (QED) is 0.869. The Morgan fingerprint density at radius 1 is 1.08 bits per heavy atom. The lowest BCUT2D eigenvalue weighted by atomic mass is 9.80. The van der Waals surface area contributed by atoms with Gasteiger partial charge in [-0.1, -0.05) is 42.5 Å². The largest absolute Gasteiger partial charge is 0.496 e. The Bertz CT molecular complexity index is 739. The molecule has 2 atom stereocenters. The molecule has 2 aromatic carbocycles. The highest BCUT2D eigenvalue weighted by atomic mass is 35.5. The van der Waals surface area contributed by atoms with Crippen LogP contribution >= 0.6 is 24.8 Å². The Balaban J connectivity index is 0.00000113. The Morgan fingerprint density at radius 3 is 2.56 bits per heavy atom. The first-order chi connectivity index (χ1) is 11.3. The molecular weight excluding hydrogens is 359 g/mol. The standard InChI is InChI=1S/C19H20N2O2.2ClH/c1-23-16-9-5-8-14-17(16)15(13-6-3-2-4-7-13)12-21-11-10-20-19(22)18(14)21;;/h2-9,15,18H,10-12H2,1H3,(H,20,22);2*1H/t15-,18-;;/m0../s1. The second-order valence-electron chi connectivity index (χ2n) is 6.11. The third kappa shape index (κ3) is 3.34. The topological polar surface area (TPSA) is 41.6 Å². The third-order valence-corrected chi connectivity index (χ3v) is 4.89. The summed E-state index contributed by atoms with van der Waals surface area (Å²) in [5.74, 6) is 1.19. The maximum atomic E-state index is 12.4. The summed E-state index contributed by atoms with van der Waals surface area (Å²) in [5.41, 5.74) is 3.49. The fourth-order valence-corrected chi connectivity index (χ4v) is 3.88. The van der Waals surface area contributed by atoms with E-state index in [2.05, 4.69) is 40.5 Å². The lowest BCUT2D eigenvalue weighted by Gasteiger charge is -2.43. The highest BCUT2D eigenvalue weighted by molar-refractivity contribution is 5.86. The molecule has 0 bridgehead atoms. The van der Waals surface area contributed by atoms with E-state index in [0.717, 1.165) is 36.5 Å². The molecule has 2 aliphatic heterocycles. The number of ether oxygens (including phenoxy) is 1. The number of carbonyl (C=O) groups excluding carboxylic acids is 1. The van der Waals surface area contributed by atoms with Crippen LogP contribution < -0.4 is 10.1 Å². The number of rotatable bonds is 2. The van der Waals surface area contributed by atoms with Gasteiger partial charge in [0, 0.05) is 31.1 Å². The molecule has 0 spiro atoms. The molecule has 1 N–H and O–H groups in total. The number of benzene rings is 2. The van der Waals surface area contributed by atoms with Crippen molar-refractivity contribution in [2.24, 2.45) is 0 Å². The van der Waals surface area contributed by atoms with E-state index in [1.165, 1.54) is 5.56 Å². The monoisotopic (exact) mass is 380 g/mol. The highest BCUT2D eigenvalue weighted by Crippen LogP contribution is 2.44. The fourth-order valence-electron chi connectivity index (χ4n) is 3.88. The number of fused-ring (bicyclic) bond motifs is 3. The van der Waals surface area contributed by atoms with Crippen molar-refractivity contribution < 1.29 is 9.53 Å². The molecule has 0 aromatic heterocycles. The zero-order valence-electron chi connectivity index (χ0n) is 14.0. The van der Waals surface area contributed by atoms with Gasteiger partial charge in [0.2, 0.25) is 5.91 Å².